The van der Waals surface area contributed by atoms with Crippen LogP contribution in [0.2, 0.25) is 0 Å². The number of nitrogens with one attached hydrogen (secondary N) is 1. The number of aromatic hydroxyl groups is 1. The van der Waals surface area contributed by atoms with Crippen LogP contribution in [0.5, 0.6) is 11.5 Å². The smallest absolute Gasteiger partial charge is 0.194 e. The van der Waals surface area contributed by atoms with Gasteiger partial charge in [-0.05, 0) is 43.5 Å². The van der Waals surface area contributed by atoms with E-state index in [4.69, 9.17) is 4.74 Å². The van der Waals surface area contributed by atoms with E-state index in [1.165, 1.54) is 26.0 Å². The highest BCUT2D eigenvalue weighted by Gasteiger charge is 2.16. The van der Waals surface area contributed by atoms with Crippen LogP contribution >= 0.6 is 0 Å². The van der Waals surface area contributed by atoms with Crippen LogP contribution in [0.15, 0.2) is 12.1 Å². The largest absolute Gasteiger partial charge is 0.502 e. The number of ether oxygens (including phenoxy) is 1. The molecule has 0 aliphatic carbocycles. The van der Waals surface area contributed by atoms with Crippen molar-refractivity contribution >= 4 is 0 Å². The van der Waals surface area contributed by atoms with Crippen LogP contribution in [0.25, 0.3) is 0 Å². The SMILES string of the molecule is COc1cc(CC2CCCCN2)cc(F)c1O. The molecule has 2 rings (SSSR count). The molecule has 1 fully saturated rings. The van der Waals surface area contributed by atoms with Gasteiger partial charge in [0.2, 0.25) is 0 Å². The molecule has 0 saturated carbocycles. The second-order valence-corrected chi connectivity index (χ2v) is 4.48. The van der Waals surface area contributed by atoms with Gasteiger partial charge >= 0.3 is 0 Å². The van der Waals surface area contributed by atoms with Crippen LogP contribution in [0.1, 0.15) is 24.8 Å². The van der Waals surface area contributed by atoms with Gasteiger partial charge in [-0.2, -0.15) is 0 Å². The van der Waals surface area contributed by atoms with E-state index in [-0.39, 0.29) is 5.75 Å². The van der Waals surface area contributed by atoms with Crippen molar-refractivity contribution in [3.05, 3.63) is 23.5 Å². The number of benzene rings is 1. The zero-order chi connectivity index (χ0) is 12.3. The fourth-order valence-corrected chi connectivity index (χ4v) is 2.28. The van der Waals surface area contributed by atoms with Gasteiger partial charge in [0.05, 0.1) is 7.11 Å². The summed E-state index contributed by atoms with van der Waals surface area (Å²) >= 11 is 0. The molecule has 1 aromatic rings. The lowest BCUT2D eigenvalue weighted by molar-refractivity contribution is 0.354. The summed E-state index contributed by atoms with van der Waals surface area (Å²) in [7, 11) is 1.43. The molecule has 17 heavy (non-hydrogen) atoms. The maximum atomic E-state index is 13.4. The molecule has 0 amide bonds. The van der Waals surface area contributed by atoms with E-state index in [9.17, 15) is 9.50 Å². The normalized spacial score (nSPS) is 20.2. The van der Waals surface area contributed by atoms with Crippen molar-refractivity contribution in [1.82, 2.24) is 5.32 Å². The highest BCUT2D eigenvalue weighted by molar-refractivity contribution is 5.43. The number of hydrogen-bond acceptors (Lipinski definition) is 3. The summed E-state index contributed by atoms with van der Waals surface area (Å²) in [6, 6.07) is 3.49. The Morgan fingerprint density at radius 1 is 1.47 bits per heavy atom. The first-order chi connectivity index (χ1) is 8.20. The number of methoxy groups -OCH3 is 1. The van der Waals surface area contributed by atoms with Gasteiger partial charge in [-0.15, -0.1) is 0 Å². The first-order valence-corrected chi connectivity index (χ1v) is 5.99. The summed E-state index contributed by atoms with van der Waals surface area (Å²) in [5.41, 5.74) is 0.858. The van der Waals surface area contributed by atoms with E-state index in [0.29, 0.717) is 6.04 Å². The minimum Gasteiger partial charge on any atom is -0.502 e. The number of piperidine rings is 1. The van der Waals surface area contributed by atoms with E-state index in [0.717, 1.165) is 24.9 Å². The molecular formula is C13H18FNO2. The first kappa shape index (κ1) is 12.2. The van der Waals surface area contributed by atoms with Gasteiger partial charge in [0, 0.05) is 6.04 Å². The zero-order valence-electron chi connectivity index (χ0n) is 10.0. The summed E-state index contributed by atoms with van der Waals surface area (Å²) in [5.74, 6) is -0.821. The van der Waals surface area contributed by atoms with Gasteiger partial charge in [0.25, 0.3) is 0 Å². The molecule has 94 valence electrons. The van der Waals surface area contributed by atoms with Crippen LogP contribution < -0.4 is 10.1 Å². The maximum Gasteiger partial charge on any atom is 0.194 e. The number of phenolic OH excluding ortho intramolecular Hbond substituents is 1. The van der Waals surface area contributed by atoms with Gasteiger partial charge in [0.15, 0.2) is 17.3 Å². The standard InChI is InChI=1S/C13H18FNO2/c1-17-12-8-9(7-11(14)13(12)16)6-10-4-2-3-5-15-10/h7-8,10,15-16H,2-6H2,1H3. The molecule has 3 nitrogen and oxygen atoms in total. The Morgan fingerprint density at radius 2 is 2.29 bits per heavy atom. The highest BCUT2D eigenvalue weighted by Crippen LogP contribution is 2.30. The maximum absolute atomic E-state index is 13.4. The lowest BCUT2D eigenvalue weighted by atomic mass is 9.97. The fraction of sp³-hybridized carbons (Fsp3) is 0.538. The minimum atomic E-state index is -0.616. The molecule has 4 heteroatoms. The van der Waals surface area contributed by atoms with E-state index >= 15 is 0 Å². The molecule has 0 radical (unpaired) electrons. The lowest BCUT2D eigenvalue weighted by Crippen LogP contribution is -2.35. The average molecular weight is 239 g/mol. The van der Waals surface area contributed by atoms with E-state index in [2.05, 4.69) is 5.32 Å². The quantitative estimate of drug-likeness (QED) is 0.850. The monoisotopic (exact) mass is 239 g/mol. The molecular weight excluding hydrogens is 221 g/mol. The summed E-state index contributed by atoms with van der Waals surface area (Å²) in [6.45, 7) is 1.03. The molecule has 1 saturated heterocycles. The summed E-state index contributed by atoms with van der Waals surface area (Å²) in [4.78, 5) is 0. The van der Waals surface area contributed by atoms with Gasteiger partial charge in [-0.25, -0.2) is 4.39 Å². The second kappa shape index (κ2) is 5.36. The molecule has 0 bridgehead atoms. The van der Waals surface area contributed by atoms with Crippen molar-refractivity contribution in [1.29, 1.82) is 0 Å². The summed E-state index contributed by atoms with van der Waals surface area (Å²) in [5, 5.41) is 12.8. The Labute approximate surface area is 101 Å². The van der Waals surface area contributed by atoms with E-state index in [1.54, 1.807) is 6.07 Å². The molecule has 0 aromatic heterocycles. The third-order valence-corrected chi connectivity index (χ3v) is 3.20. The molecule has 1 aliphatic rings. The summed E-state index contributed by atoms with van der Waals surface area (Å²) in [6.07, 6.45) is 4.32. The van der Waals surface area contributed by atoms with E-state index < -0.39 is 11.6 Å². The first-order valence-electron chi connectivity index (χ1n) is 5.99. The Morgan fingerprint density at radius 3 is 2.94 bits per heavy atom. The second-order valence-electron chi connectivity index (χ2n) is 4.48. The lowest BCUT2D eigenvalue weighted by Gasteiger charge is -2.23. The van der Waals surface area contributed by atoms with Crippen molar-refractivity contribution < 1.29 is 14.2 Å². The predicted molar refractivity (Wildman–Crippen MR) is 64.0 cm³/mol. The van der Waals surface area contributed by atoms with Gasteiger partial charge in [0.1, 0.15) is 0 Å². The molecule has 1 aromatic carbocycles. The van der Waals surface area contributed by atoms with Crippen LogP contribution in [-0.4, -0.2) is 24.8 Å². The molecule has 1 unspecified atom stereocenters. The topological polar surface area (TPSA) is 41.5 Å². The molecule has 2 N–H and O–H groups in total. The molecule has 0 spiro atoms. The van der Waals surface area contributed by atoms with Crippen molar-refractivity contribution in [3.8, 4) is 11.5 Å². The predicted octanol–water partition coefficient (Wildman–Crippen LogP) is 2.22. The summed E-state index contributed by atoms with van der Waals surface area (Å²) < 4.78 is 18.4. The third-order valence-electron chi connectivity index (χ3n) is 3.20. The van der Waals surface area contributed by atoms with Crippen LogP contribution in [0.3, 0.4) is 0 Å². The Hall–Kier alpha value is -1.29. The van der Waals surface area contributed by atoms with Crippen molar-refractivity contribution in [2.45, 2.75) is 31.7 Å². The average Bonchev–Trinajstić information content (AvgIpc) is 2.35. The molecule has 1 atom stereocenters. The van der Waals surface area contributed by atoms with Gasteiger partial charge in [-0.1, -0.05) is 6.42 Å². The van der Waals surface area contributed by atoms with E-state index in [1.807, 2.05) is 0 Å². The van der Waals surface area contributed by atoms with Crippen LogP contribution in [0, 0.1) is 5.82 Å². The minimum absolute atomic E-state index is 0.204. The van der Waals surface area contributed by atoms with Gasteiger partial charge < -0.3 is 15.2 Å². The highest BCUT2D eigenvalue weighted by atomic mass is 19.1. The van der Waals surface area contributed by atoms with Gasteiger partial charge in [-0.3, -0.25) is 0 Å². The third kappa shape index (κ3) is 2.88. The molecule has 1 heterocycles. The van der Waals surface area contributed by atoms with Crippen molar-refractivity contribution in [2.24, 2.45) is 0 Å². The number of rotatable bonds is 3. The van der Waals surface area contributed by atoms with Crippen LogP contribution in [-0.2, 0) is 6.42 Å². The Kier molecular flexibility index (Phi) is 3.84. The van der Waals surface area contributed by atoms with Crippen molar-refractivity contribution in [2.75, 3.05) is 13.7 Å². The fourth-order valence-electron chi connectivity index (χ4n) is 2.28. The zero-order valence-corrected chi connectivity index (χ0v) is 10.0. The number of phenols is 1. The molecule has 1 aliphatic heterocycles. The van der Waals surface area contributed by atoms with Crippen LogP contribution in [0.4, 0.5) is 4.39 Å². The Balaban J connectivity index is 2.12. The number of halogens is 1. The Bertz CT molecular complexity index is 389. The number of hydrogen-bond donors (Lipinski definition) is 2. The van der Waals surface area contributed by atoms with Crippen molar-refractivity contribution in [3.63, 3.8) is 0 Å².